The van der Waals surface area contributed by atoms with Crippen LogP contribution >= 0.6 is 0 Å². The third kappa shape index (κ3) is 1.87. The van der Waals surface area contributed by atoms with Crippen LogP contribution in [0.15, 0.2) is 18.3 Å². The van der Waals surface area contributed by atoms with Crippen molar-refractivity contribution in [2.24, 2.45) is 5.84 Å². The van der Waals surface area contributed by atoms with E-state index in [0.29, 0.717) is 11.6 Å². The quantitative estimate of drug-likeness (QED) is 0.592. The van der Waals surface area contributed by atoms with Gasteiger partial charge >= 0.3 is 0 Å². The van der Waals surface area contributed by atoms with Crippen LogP contribution in [-0.2, 0) is 6.54 Å². The fourth-order valence-corrected chi connectivity index (χ4v) is 1.53. The number of aryl methyl sites for hydroxylation is 2. The predicted molar refractivity (Wildman–Crippen MR) is 61.5 cm³/mol. The van der Waals surface area contributed by atoms with Crippen LogP contribution in [0.2, 0.25) is 0 Å². The van der Waals surface area contributed by atoms with Crippen molar-refractivity contribution < 1.29 is 0 Å². The third-order valence-electron chi connectivity index (χ3n) is 2.25. The van der Waals surface area contributed by atoms with Crippen LogP contribution in [0.1, 0.15) is 12.6 Å². The lowest BCUT2D eigenvalue weighted by Crippen LogP contribution is -2.11. The Labute approximate surface area is 93.5 Å². The average Bonchev–Trinajstić information content (AvgIpc) is 2.76. The second-order valence-corrected chi connectivity index (χ2v) is 3.39. The van der Waals surface area contributed by atoms with Crippen molar-refractivity contribution in [2.45, 2.75) is 20.4 Å². The van der Waals surface area contributed by atoms with Gasteiger partial charge < -0.3 is 5.43 Å². The number of rotatable bonds is 3. The number of hydrazine groups is 1. The first kappa shape index (κ1) is 10.6. The van der Waals surface area contributed by atoms with Crippen LogP contribution < -0.4 is 11.3 Å². The summed E-state index contributed by atoms with van der Waals surface area (Å²) in [6.07, 6.45) is 1.74. The van der Waals surface area contributed by atoms with Gasteiger partial charge in [0.1, 0.15) is 11.5 Å². The van der Waals surface area contributed by atoms with E-state index in [4.69, 9.17) is 5.84 Å². The van der Waals surface area contributed by atoms with Crippen molar-refractivity contribution in [2.75, 3.05) is 5.43 Å². The zero-order valence-electron chi connectivity index (χ0n) is 9.31. The van der Waals surface area contributed by atoms with E-state index in [9.17, 15) is 0 Å². The van der Waals surface area contributed by atoms with E-state index in [1.165, 1.54) is 0 Å². The molecule has 2 aromatic heterocycles. The zero-order chi connectivity index (χ0) is 11.5. The molecule has 0 unspecified atom stereocenters. The average molecular weight is 218 g/mol. The zero-order valence-corrected chi connectivity index (χ0v) is 9.31. The summed E-state index contributed by atoms with van der Waals surface area (Å²) >= 11 is 0. The van der Waals surface area contributed by atoms with Gasteiger partial charge in [0.15, 0.2) is 5.82 Å². The SMILES string of the molecule is CCn1nccc1-c1nc(C)cc(NN)n1. The number of hydrogen-bond acceptors (Lipinski definition) is 5. The number of nitrogen functional groups attached to an aromatic ring is 1. The molecule has 0 saturated heterocycles. The molecule has 84 valence electrons. The first-order chi connectivity index (χ1) is 7.74. The van der Waals surface area contributed by atoms with Crippen LogP contribution in [0, 0.1) is 6.92 Å². The van der Waals surface area contributed by atoms with Gasteiger partial charge in [-0.1, -0.05) is 0 Å². The molecule has 6 heteroatoms. The monoisotopic (exact) mass is 218 g/mol. The molecule has 0 fully saturated rings. The van der Waals surface area contributed by atoms with Gasteiger partial charge in [0, 0.05) is 24.5 Å². The van der Waals surface area contributed by atoms with Gasteiger partial charge in [-0.05, 0) is 19.9 Å². The molecule has 0 radical (unpaired) electrons. The van der Waals surface area contributed by atoms with E-state index in [1.807, 2.05) is 24.6 Å². The molecular formula is C10H14N6. The highest BCUT2D eigenvalue weighted by molar-refractivity contribution is 5.52. The molecule has 2 aromatic rings. The summed E-state index contributed by atoms with van der Waals surface area (Å²) in [6, 6.07) is 3.68. The maximum Gasteiger partial charge on any atom is 0.180 e. The predicted octanol–water partition coefficient (Wildman–Crippen LogP) is 0.954. The number of nitrogens with two attached hydrogens (primary N) is 1. The Morgan fingerprint density at radius 3 is 2.94 bits per heavy atom. The maximum atomic E-state index is 5.35. The Bertz CT molecular complexity index is 490. The topological polar surface area (TPSA) is 81.7 Å². The number of nitrogens with one attached hydrogen (secondary N) is 1. The minimum atomic E-state index is 0.603. The number of anilines is 1. The number of hydrogen-bond donors (Lipinski definition) is 2. The van der Waals surface area contributed by atoms with E-state index in [-0.39, 0.29) is 0 Å². The molecule has 0 aromatic carbocycles. The molecule has 0 aliphatic heterocycles. The second kappa shape index (κ2) is 4.28. The fraction of sp³-hybridized carbons (Fsp3) is 0.300. The van der Waals surface area contributed by atoms with Crippen LogP contribution in [0.25, 0.3) is 11.5 Å². The van der Waals surface area contributed by atoms with Crippen molar-refractivity contribution in [3.8, 4) is 11.5 Å². The van der Waals surface area contributed by atoms with E-state index in [0.717, 1.165) is 17.9 Å². The molecule has 0 amide bonds. The van der Waals surface area contributed by atoms with E-state index in [2.05, 4.69) is 20.5 Å². The third-order valence-corrected chi connectivity index (χ3v) is 2.25. The number of aromatic nitrogens is 4. The Morgan fingerprint density at radius 2 is 2.25 bits per heavy atom. The molecule has 0 saturated carbocycles. The highest BCUT2D eigenvalue weighted by Gasteiger charge is 2.08. The summed E-state index contributed by atoms with van der Waals surface area (Å²) in [6.45, 7) is 4.71. The molecule has 0 spiro atoms. The molecule has 0 atom stereocenters. The van der Waals surface area contributed by atoms with Crippen LogP contribution in [0.5, 0.6) is 0 Å². The van der Waals surface area contributed by atoms with Gasteiger partial charge in [0.2, 0.25) is 0 Å². The molecule has 0 aliphatic carbocycles. The van der Waals surface area contributed by atoms with Crippen LogP contribution in [0.4, 0.5) is 5.82 Å². The largest absolute Gasteiger partial charge is 0.308 e. The van der Waals surface area contributed by atoms with Gasteiger partial charge in [-0.2, -0.15) is 5.10 Å². The Balaban J connectivity index is 2.51. The highest BCUT2D eigenvalue weighted by Crippen LogP contribution is 2.16. The molecule has 2 heterocycles. The Hall–Kier alpha value is -1.95. The molecule has 0 bridgehead atoms. The van der Waals surface area contributed by atoms with E-state index >= 15 is 0 Å². The summed E-state index contributed by atoms with van der Waals surface area (Å²) in [5, 5.41) is 4.18. The summed E-state index contributed by atoms with van der Waals surface area (Å²) in [7, 11) is 0. The minimum absolute atomic E-state index is 0.603. The van der Waals surface area contributed by atoms with Gasteiger partial charge in [-0.15, -0.1) is 0 Å². The maximum absolute atomic E-state index is 5.35. The first-order valence-corrected chi connectivity index (χ1v) is 5.09. The summed E-state index contributed by atoms with van der Waals surface area (Å²) in [4.78, 5) is 8.66. The minimum Gasteiger partial charge on any atom is -0.308 e. The van der Waals surface area contributed by atoms with Gasteiger partial charge in [0.05, 0.1) is 0 Å². The fourth-order valence-electron chi connectivity index (χ4n) is 1.53. The normalized spacial score (nSPS) is 10.4. The van der Waals surface area contributed by atoms with E-state index < -0.39 is 0 Å². The van der Waals surface area contributed by atoms with Gasteiger partial charge in [-0.3, -0.25) is 4.68 Å². The molecule has 16 heavy (non-hydrogen) atoms. The standard InChI is InChI=1S/C10H14N6/c1-3-16-8(4-5-12-16)10-13-7(2)6-9(14-10)15-11/h4-6H,3,11H2,1-2H3,(H,13,14,15). The first-order valence-electron chi connectivity index (χ1n) is 5.09. The highest BCUT2D eigenvalue weighted by atomic mass is 15.3. The molecular weight excluding hydrogens is 204 g/mol. The van der Waals surface area contributed by atoms with Crippen LogP contribution in [0.3, 0.4) is 0 Å². The molecule has 6 nitrogen and oxygen atoms in total. The van der Waals surface area contributed by atoms with Crippen molar-refractivity contribution in [3.63, 3.8) is 0 Å². The summed E-state index contributed by atoms with van der Waals surface area (Å²) in [5.41, 5.74) is 4.28. The Morgan fingerprint density at radius 1 is 1.44 bits per heavy atom. The van der Waals surface area contributed by atoms with E-state index in [1.54, 1.807) is 12.3 Å². The van der Waals surface area contributed by atoms with Crippen molar-refractivity contribution in [1.82, 2.24) is 19.7 Å². The number of nitrogens with zero attached hydrogens (tertiary/aromatic N) is 4. The summed E-state index contributed by atoms with van der Waals surface area (Å²) in [5.74, 6) is 6.58. The van der Waals surface area contributed by atoms with Crippen molar-refractivity contribution >= 4 is 5.82 Å². The smallest absolute Gasteiger partial charge is 0.180 e. The molecule has 3 N–H and O–H groups in total. The van der Waals surface area contributed by atoms with Crippen molar-refractivity contribution in [3.05, 3.63) is 24.0 Å². The summed E-state index contributed by atoms with van der Waals surface area (Å²) < 4.78 is 1.84. The second-order valence-electron chi connectivity index (χ2n) is 3.39. The van der Waals surface area contributed by atoms with Crippen LogP contribution in [-0.4, -0.2) is 19.7 Å². The lowest BCUT2D eigenvalue weighted by atomic mass is 10.3. The van der Waals surface area contributed by atoms with Gasteiger partial charge in [-0.25, -0.2) is 15.8 Å². The van der Waals surface area contributed by atoms with Crippen molar-refractivity contribution in [1.29, 1.82) is 0 Å². The lowest BCUT2D eigenvalue weighted by molar-refractivity contribution is 0.663. The van der Waals surface area contributed by atoms with Gasteiger partial charge in [0.25, 0.3) is 0 Å². The molecule has 0 aliphatic rings. The Kier molecular flexibility index (Phi) is 2.82. The molecule has 2 rings (SSSR count). The lowest BCUT2D eigenvalue weighted by Gasteiger charge is -2.06.